The highest BCUT2D eigenvalue weighted by atomic mass is 35.5. The minimum atomic E-state index is -0.579. The van der Waals surface area contributed by atoms with Gasteiger partial charge < -0.3 is 5.32 Å². The summed E-state index contributed by atoms with van der Waals surface area (Å²) >= 11 is 18.1. The van der Waals surface area contributed by atoms with Crippen molar-refractivity contribution in [2.45, 2.75) is 19.8 Å². The molecule has 26 heavy (non-hydrogen) atoms. The van der Waals surface area contributed by atoms with Crippen LogP contribution >= 0.6 is 34.8 Å². The number of hydrogen-bond acceptors (Lipinski definition) is 3. The molecular weight excluding hydrogens is 395 g/mol. The van der Waals surface area contributed by atoms with Crippen molar-refractivity contribution < 1.29 is 9.59 Å². The van der Waals surface area contributed by atoms with Crippen LogP contribution in [-0.4, -0.2) is 11.8 Å². The van der Waals surface area contributed by atoms with Gasteiger partial charge in [0, 0.05) is 15.7 Å². The molecule has 1 aliphatic rings. The maximum Gasteiger partial charge on any atom is 0.283 e. The Morgan fingerprint density at radius 2 is 1.46 bits per heavy atom. The molecule has 0 unspecified atom stereocenters. The van der Waals surface area contributed by atoms with E-state index in [1.807, 2.05) is 12.1 Å². The lowest BCUT2D eigenvalue weighted by Gasteiger charge is -2.16. The fourth-order valence-corrected chi connectivity index (χ4v) is 3.36. The first-order chi connectivity index (χ1) is 12.3. The van der Waals surface area contributed by atoms with Gasteiger partial charge in [-0.2, -0.15) is 0 Å². The average Bonchev–Trinajstić information content (AvgIpc) is 2.78. The number of carbonyl (C=O) groups excluding carboxylic acids is 2. The molecule has 1 N–H and O–H groups in total. The summed E-state index contributed by atoms with van der Waals surface area (Å²) in [4.78, 5) is 26.3. The second kappa shape index (κ2) is 7.31. The third kappa shape index (κ3) is 3.58. The van der Waals surface area contributed by atoms with Gasteiger partial charge in [0.2, 0.25) is 0 Å². The van der Waals surface area contributed by atoms with E-state index in [1.54, 1.807) is 30.3 Å². The maximum atomic E-state index is 12.8. The van der Waals surface area contributed by atoms with Crippen LogP contribution in [0.25, 0.3) is 0 Å². The number of amides is 2. The number of carbonyl (C=O) groups is 2. The van der Waals surface area contributed by atoms with Gasteiger partial charge in [-0.25, -0.2) is 4.90 Å². The average molecular weight is 410 g/mol. The maximum absolute atomic E-state index is 12.8. The van der Waals surface area contributed by atoms with E-state index >= 15 is 0 Å². The number of nitrogens with zero attached hydrogens (tertiary/aromatic N) is 1. The van der Waals surface area contributed by atoms with Crippen molar-refractivity contribution in [2.75, 3.05) is 10.2 Å². The van der Waals surface area contributed by atoms with Crippen LogP contribution in [0.2, 0.25) is 10.0 Å². The Morgan fingerprint density at radius 1 is 0.885 bits per heavy atom. The summed E-state index contributed by atoms with van der Waals surface area (Å²) in [6.45, 7) is 4.13. The largest absolute Gasteiger partial charge is 0.350 e. The van der Waals surface area contributed by atoms with Crippen LogP contribution in [0.5, 0.6) is 0 Å². The fraction of sp³-hybridized carbons (Fsp3) is 0.158. The lowest BCUT2D eigenvalue weighted by atomic mass is 10.0. The molecule has 0 aromatic heterocycles. The summed E-state index contributed by atoms with van der Waals surface area (Å²) in [6, 6.07) is 12.0. The highest BCUT2D eigenvalue weighted by molar-refractivity contribution is 6.53. The van der Waals surface area contributed by atoms with Crippen molar-refractivity contribution in [1.29, 1.82) is 0 Å². The van der Waals surface area contributed by atoms with E-state index in [-0.39, 0.29) is 10.7 Å². The predicted molar refractivity (Wildman–Crippen MR) is 106 cm³/mol. The zero-order chi connectivity index (χ0) is 19.0. The van der Waals surface area contributed by atoms with Crippen LogP contribution in [0.4, 0.5) is 11.4 Å². The molecule has 0 bridgehead atoms. The van der Waals surface area contributed by atoms with E-state index in [0.717, 1.165) is 10.5 Å². The molecule has 134 valence electrons. The standard InChI is InChI=1S/C19H15Cl3N2O2/c1-10(2)11-3-5-15(6-4-11)24-18(25)16(22)17(19(24)26)23-14-8-12(20)7-13(21)9-14/h3-10,23H,1-2H3. The smallest absolute Gasteiger partial charge is 0.283 e. The first kappa shape index (κ1) is 18.8. The summed E-state index contributed by atoms with van der Waals surface area (Å²) in [5.41, 5.74) is 2.03. The minimum Gasteiger partial charge on any atom is -0.350 e. The van der Waals surface area contributed by atoms with Crippen LogP contribution in [-0.2, 0) is 9.59 Å². The molecular formula is C19H15Cl3N2O2. The normalized spacial score (nSPS) is 14.6. The van der Waals surface area contributed by atoms with Gasteiger partial charge in [0.05, 0.1) is 5.69 Å². The summed E-state index contributed by atoms with van der Waals surface area (Å²) < 4.78 is 0. The second-order valence-corrected chi connectivity index (χ2v) is 7.41. The third-order valence-electron chi connectivity index (χ3n) is 3.98. The van der Waals surface area contributed by atoms with E-state index in [4.69, 9.17) is 34.8 Å². The summed E-state index contributed by atoms with van der Waals surface area (Å²) in [7, 11) is 0. The molecule has 2 amide bonds. The minimum absolute atomic E-state index is 0.0112. The Balaban J connectivity index is 1.89. The molecule has 0 radical (unpaired) electrons. The number of rotatable bonds is 4. The first-order valence-corrected chi connectivity index (χ1v) is 9.03. The number of nitrogens with one attached hydrogen (secondary N) is 1. The molecule has 0 saturated carbocycles. The Labute approximate surface area is 166 Å². The zero-order valence-electron chi connectivity index (χ0n) is 14.0. The van der Waals surface area contributed by atoms with Gasteiger partial charge in [-0.1, -0.05) is 60.8 Å². The second-order valence-electron chi connectivity index (χ2n) is 6.16. The third-order valence-corrected chi connectivity index (χ3v) is 4.76. The van der Waals surface area contributed by atoms with E-state index in [0.29, 0.717) is 27.3 Å². The van der Waals surface area contributed by atoms with Crippen LogP contribution in [0.1, 0.15) is 25.3 Å². The summed E-state index contributed by atoms with van der Waals surface area (Å²) in [6.07, 6.45) is 0. The molecule has 0 atom stereocenters. The Hall–Kier alpha value is -2.01. The van der Waals surface area contributed by atoms with E-state index in [1.165, 1.54) is 0 Å². The van der Waals surface area contributed by atoms with Crippen molar-refractivity contribution >= 4 is 58.0 Å². The predicted octanol–water partition coefficient (Wildman–Crippen LogP) is 5.55. The van der Waals surface area contributed by atoms with Crippen molar-refractivity contribution in [2.24, 2.45) is 0 Å². The van der Waals surface area contributed by atoms with Gasteiger partial charge >= 0.3 is 0 Å². The van der Waals surface area contributed by atoms with Gasteiger partial charge in [-0.15, -0.1) is 0 Å². The summed E-state index contributed by atoms with van der Waals surface area (Å²) in [5.74, 6) is -0.765. The Morgan fingerprint density at radius 3 is 2.00 bits per heavy atom. The lowest BCUT2D eigenvalue weighted by molar-refractivity contribution is -0.120. The number of halogens is 3. The SMILES string of the molecule is CC(C)c1ccc(N2C(=O)C(Cl)=C(Nc3cc(Cl)cc(Cl)c3)C2=O)cc1. The Kier molecular flexibility index (Phi) is 5.28. The number of benzene rings is 2. The Bertz CT molecular complexity index is 901. The first-order valence-electron chi connectivity index (χ1n) is 7.89. The molecule has 1 aliphatic heterocycles. The molecule has 0 fully saturated rings. The van der Waals surface area contributed by atoms with E-state index in [2.05, 4.69) is 19.2 Å². The van der Waals surface area contributed by atoms with Gasteiger partial charge in [0.15, 0.2) is 0 Å². The van der Waals surface area contributed by atoms with Crippen molar-refractivity contribution in [3.63, 3.8) is 0 Å². The topological polar surface area (TPSA) is 49.4 Å². The summed E-state index contributed by atoms with van der Waals surface area (Å²) in [5, 5.41) is 3.46. The highest BCUT2D eigenvalue weighted by Crippen LogP contribution is 2.32. The van der Waals surface area contributed by atoms with Crippen molar-refractivity contribution in [3.05, 3.63) is 68.8 Å². The number of anilines is 2. The quantitative estimate of drug-likeness (QED) is 0.673. The van der Waals surface area contributed by atoms with Crippen molar-refractivity contribution in [3.8, 4) is 0 Å². The van der Waals surface area contributed by atoms with E-state index < -0.39 is 11.8 Å². The fourth-order valence-electron chi connectivity index (χ4n) is 2.62. The number of hydrogen-bond donors (Lipinski definition) is 1. The van der Waals surface area contributed by atoms with Crippen LogP contribution in [0, 0.1) is 0 Å². The van der Waals surface area contributed by atoms with E-state index in [9.17, 15) is 9.59 Å². The van der Waals surface area contributed by atoms with Crippen LogP contribution < -0.4 is 10.2 Å². The molecule has 0 spiro atoms. The number of imide groups is 1. The molecule has 2 aromatic rings. The zero-order valence-corrected chi connectivity index (χ0v) is 16.3. The molecule has 0 saturated heterocycles. The molecule has 0 aliphatic carbocycles. The van der Waals surface area contributed by atoms with Gasteiger partial charge in [0.1, 0.15) is 10.7 Å². The van der Waals surface area contributed by atoms with Gasteiger partial charge in [-0.3, -0.25) is 9.59 Å². The van der Waals surface area contributed by atoms with Crippen LogP contribution in [0.15, 0.2) is 53.2 Å². The molecule has 2 aromatic carbocycles. The molecule has 7 heteroatoms. The molecule has 1 heterocycles. The van der Waals surface area contributed by atoms with Gasteiger partial charge in [0.25, 0.3) is 11.8 Å². The van der Waals surface area contributed by atoms with Crippen molar-refractivity contribution in [1.82, 2.24) is 0 Å². The molecule has 3 rings (SSSR count). The lowest BCUT2D eigenvalue weighted by Crippen LogP contribution is -2.32. The van der Waals surface area contributed by atoms with Crippen LogP contribution in [0.3, 0.4) is 0 Å². The monoisotopic (exact) mass is 408 g/mol. The highest BCUT2D eigenvalue weighted by Gasteiger charge is 2.39. The molecule has 4 nitrogen and oxygen atoms in total. The van der Waals surface area contributed by atoms with Gasteiger partial charge in [-0.05, 0) is 41.8 Å².